The molecule has 0 spiro atoms. The summed E-state index contributed by atoms with van der Waals surface area (Å²) < 4.78 is 7.04. The van der Waals surface area contributed by atoms with Gasteiger partial charge in [0.05, 0.1) is 7.11 Å². The predicted molar refractivity (Wildman–Crippen MR) is 44.7 cm³/mol. The van der Waals surface area contributed by atoms with E-state index in [4.69, 9.17) is 10.5 Å². The van der Waals surface area contributed by atoms with E-state index >= 15 is 0 Å². The molecule has 1 aromatic heterocycles. The van der Waals surface area contributed by atoms with Gasteiger partial charge in [-0.25, -0.2) is 0 Å². The van der Waals surface area contributed by atoms with Crippen LogP contribution in [0.5, 0.6) is 5.88 Å². The van der Waals surface area contributed by atoms with Crippen molar-refractivity contribution in [2.45, 2.75) is 6.42 Å². The van der Waals surface area contributed by atoms with Gasteiger partial charge in [-0.3, -0.25) is 0 Å². The maximum absolute atomic E-state index is 5.41. The first-order valence-electron chi connectivity index (χ1n) is 3.67. The minimum atomic E-state index is 0.688. The first kappa shape index (κ1) is 8.14. The van der Waals surface area contributed by atoms with Crippen molar-refractivity contribution < 1.29 is 4.74 Å². The fourth-order valence-electron chi connectivity index (χ4n) is 1.12. The van der Waals surface area contributed by atoms with Gasteiger partial charge in [0.1, 0.15) is 0 Å². The summed E-state index contributed by atoms with van der Waals surface area (Å²) in [5.74, 6) is 0.883. The number of ether oxygens (including phenoxy) is 1. The van der Waals surface area contributed by atoms with Gasteiger partial charge in [-0.1, -0.05) is 0 Å². The zero-order valence-electron chi connectivity index (χ0n) is 7.00. The van der Waals surface area contributed by atoms with Crippen LogP contribution < -0.4 is 10.5 Å². The molecule has 0 aliphatic carbocycles. The molecule has 3 heteroatoms. The fraction of sp³-hybridized carbons (Fsp3) is 0.500. The monoisotopic (exact) mass is 154 g/mol. The summed E-state index contributed by atoms with van der Waals surface area (Å²) in [6.45, 7) is 0.688. The lowest BCUT2D eigenvalue weighted by molar-refractivity contribution is 0.382. The highest BCUT2D eigenvalue weighted by Gasteiger charge is 2.00. The van der Waals surface area contributed by atoms with Gasteiger partial charge in [0.25, 0.3) is 0 Å². The lowest BCUT2D eigenvalue weighted by atomic mass is 10.2. The number of aryl methyl sites for hydroxylation is 1. The van der Waals surface area contributed by atoms with Crippen molar-refractivity contribution >= 4 is 0 Å². The van der Waals surface area contributed by atoms with Gasteiger partial charge in [0, 0.05) is 19.3 Å². The number of hydrogen-bond donors (Lipinski definition) is 1. The van der Waals surface area contributed by atoms with Crippen LogP contribution in [0.4, 0.5) is 0 Å². The Morgan fingerprint density at radius 1 is 1.64 bits per heavy atom. The molecule has 0 unspecified atom stereocenters. The minimum absolute atomic E-state index is 0.688. The number of rotatable bonds is 3. The SMILES string of the molecule is COc1cc(CCN)cn1C. The predicted octanol–water partition coefficient (Wildman–Crippen LogP) is 0.535. The van der Waals surface area contributed by atoms with E-state index in [2.05, 4.69) is 0 Å². The number of nitrogens with zero attached hydrogens (tertiary/aromatic N) is 1. The van der Waals surface area contributed by atoms with Crippen molar-refractivity contribution in [1.82, 2.24) is 4.57 Å². The molecule has 0 aliphatic rings. The van der Waals surface area contributed by atoms with E-state index in [-0.39, 0.29) is 0 Å². The Balaban J connectivity index is 2.77. The van der Waals surface area contributed by atoms with Crippen LogP contribution in [0.2, 0.25) is 0 Å². The van der Waals surface area contributed by atoms with E-state index in [1.165, 1.54) is 5.56 Å². The van der Waals surface area contributed by atoms with E-state index in [9.17, 15) is 0 Å². The van der Waals surface area contributed by atoms with Crippen LogP contribution in [-0.4, -0.2) is 18.2 Å². The summed E-state index contributed by atoms with van der Waals surface area (Å²) in [4.78, 5) is 0. The van der Waals surface area contributed by atoms with Crippen LogP contribution in [0.3, 0.4) is 0 Å². The standard InChI is InChI=1S/C8H14N2O/c1-10-6-7(3-4-9)5-8(10)11-2/h5-6H,3-4,9H2,1-2H3. The Morgan fingerprint density at radius 3 is 2.82 bits per heavy atom. The molecule has 1 aromatic rings. The molecule has 0 amide bonds. The third-order valence-corrected chi connectivity index (χ3v) is 1.66. The molecule has 0 radical (unpaired) electrons. The molecule has 0 atom stereocenters. The summed E-state index contributed by atoms with van der Waals surface area (Å²) in [5.41, 5.74) is 6.64. The normalized spacial score (nSPS) is 10.1. The van der Waals surface area contributed by atoms with Crippen molar-refractivity contribution in [2.75, 3.05) is 13.7 Å². The summed E-state index contributed by atoms with van der Waals surface area (Å²) in [5, 5.41) is 0. The van der Waals surface area contributed by atoms with Crippen molar-refractivity contribution in [3.8, 4) is 5.88 Å². The third kappa shape index (κ3) is 1.74. The summed E-state index contributed by atoms with van der Waals surface area (Å²) in [6.07, 6.45) is 2.95. The number of aromatic nitrogens is 1. The Labute approximate surface area is 66.8 Å². The second-order valence-corrected chi connectivity index (χ2v) is 2.54. The first-order valence-corrected chi connectivity index (χ1v) is 3.67. The molecule has 1 heterocycles. The highest BCUT2D eigenvalue weighted by Crippen LogP contribution is 2.14. The van der Waals surface area contributed by atoms with Crippen LogP contribution >= 0.6 is 0 Å². The topological polar surface area (TPSA) is 40.2 Å². The van der Waals surface area contributed by atoms with E-state index in [1.807, 2.05) is 23.9 Å². The fourth-order valence-corrected chi connectivity index (χ4v) is 1.12. The molecule has 2 N–H and O–H groups in total. The lowest BCUT2D eigenvalue weighted by Gasteiger charge is -1.97. The highest BCUT2D eigenvalue weighted by atomic mass is 16.5. The molecule has 0 aliphatic heterocycles. The Kier molecular flexibility index (Phi) is 2.54. The number of nitrogens with two attached hydrogens (primary N) is 1. The van der Waals surface area contributed by atoms with Crippen molar-refractivity contribution in [2.24, 2.45) is 12.8 Å². The quantitative estimate of drug-likeness (QED) is 0.690. The largest absolute Gasteiger partial charge is 0.482 e. The van der Waals surface area contributed by atoms with Crippen LogP contribution in [0.15, 0.2) is 12.3 Å². The van der Waals surface area contributed by atoms with E-state index in [0.717, 1.165) is 12.3 Å². The summed E-state index contributed by atoms with van der Waals surface area (Å²) in [7, 11) is 3.63. The Morgan fingerprint density at radius 2 is 2.36 bits per heavy atom. The Hall–Kier alpha value is -0.960. The maximum Gasteiger partial charge on any atom is 0.193 e. The molecule has 62 valence electrons. The molecule has 1 rings (SSSR count). The molecule has 3 nitrogen and oxygen atoms in total. The van der Waals surface area contributed by atoms with E-state index in [1.54, 1.807) is 7.11 Å². The third-order valence-electron chi connectivity index (χ3n) is 1.66. The summed E-state index contributed by atoms with van der Waals surface area (Å²) >= 11 is 0. The van der Waals surface area contributed by atoms with Crippen LogP contribution in [0, 0.1) is 0 Å². The van der Waals surface area contributed by atoms with Gasteiger partial charge in [-0.15, -0.1) is 0 Å². The van der Waals surface area contributed by atoms with Gasteiger partial charge < -0.3 is 15.0 Å². The molecule has 0 saturated heterocycles. The zero-order chi connectivity index (χ0) is 8.27. The smallest absolute Gasteiger partial charge is 0.193 e. The van der Waals surface area contributed by atoms with Crippen LogP contribution in [0.25, 0.3) is 0 Å². The average molecular weight is 154 g/mol. The van der Waals surface area contributed by atoms with Gasteiger partial charge in [-0.2, -0.15) is 0 Å². The number of methoxy groups -OCH3 is 1. The van der Waals surface area contributed by atoms with Crippen LogP contribution in [0.1, 0.15) is 5.56 Å². The van der Waals surface area contributed by atoms with Gasteiger partial charge in [0.15, 0.2) is 5.88 Å². The molecule has 11 heavy (non-hydrogen) atoms. The molecular formula is C8H14N2O. The van der Waals surface area contributed by atoms with Crippen molar-refractivity contribution in [3.05, 3.63) is 17.8 Å². The molecular weight excluding hydrogens is 140 g/mol. The van der Waals surface area contributed by atoms with Gasteiger partial charge in [0.2, 0.25) is 0 Å². The maximum atomic E-state index is 5.41. The Bertz CT molecular complexity index is 230. The van der Waals surface area contributed by atoms with Crippen molar-refractivity contribution in [3.63, 3.8) is 0 Å². The molecule has 0 fully saturated rings. The number of hydrogen-bond acceptors (Lipinski definition) is 2. The van der Waals surface area contributed by atoms with E-state index < -0.39 is 0 Å². The lowest BCUT2D eigenvalue weighted by Crippen LogP contribution is -2.01. The van der Waals surface area contributed by atoms with Gasteiger partial charge >= 0.3 is 0 Å². The summed E-state index contributed by atoms with van der Waals surface area (Å²) in [6, 6.07) is 2.01. The van der Waals surface area contributed by atoms with Crippen LogP contribution in [-0.2, 0) is 13.5 Å². The molecule has 0 aromatic carbocycles. The second kappa shape index (κ2) is 3.44. The minimum Gasteiger partial charge on any atom is -0.482 e. The first-order chi connectivity index (χ1) is 5.27. The van der Waals surface area contributed by atoms with Crippen molar-refractivity contribution in [1.29, 1.82) is 0 Å². The molecule has 0 saturated carbocycles. The zero-order valence-corrected chi connectivity index (χ0v) is 7.00. The molecule has 0 bridgehead atoms. The highest BCUT2D eigenvalue weighted by molar-refractivity contribution is 5.23. The van der Waals surface area contributed by atoms with Gasteiger partial charge in [-0.05, 0) is 18.5 Å². The van der Waals surface area contributed by atoms with E-state index in [0.29, 0.717) is 6.54 Å². The average Bonchev–Trinajstić information content (AvgIpc) is 2.32. The second-order valence-electron chi connectivity index (χ2n) is 2.54.